The topological polar surface area (TPSA) is 91.3 Å². The zero-order chi connectivity index (χ0) is 22.3. The van der Waals surface area contributed by atoms with E-state index in [4.69, 9.17) is 9.26 Å². The summed E-state index contributed by atoms with van der Waals surface area (Å²) in [5, 5.41) is 6.81. The van der Waals surface area contributed by atoms with E-state index in [1.54, 1.807) is 4.68 Å². The van der Waals surface area contributed by atoms with E-state index in [0.29, 0.717) is 34.4 Å². The quantitative estimate of drug-likeness (QED) is 0.621. The normalized spacial score (nSPS) is 23.3. The van der Waals surface area contributed by atoms with Gasteiger partial charge >= 0.3 is 0 Å². The van der Waals surface area contributed by atoms with E-state index in [2.05, 4.69) is 33.3 Å². The Hall–Kier alpha value is -1.87. The van der Waals surface area contributed by atoms with E-state index in [1.807, 2.05) is 25.6 Å². The molecule has 0 radical (unpaired) electrons. The number of nitrogens with one attached hydrogen (secondary N) is 1. The number of amides is 1. The summed E-state index contributed by atoms with van der Waals surface area (Å²) >= 11 is 3.61. The van der Waals surface area contributed by atoms with Gasteiger partial charge in [-0.15, -0.1) is 0 Å². The van der Waals surface area contributed by atoms with E-state index in [0.717, 1.165) is 37.8 Å². The second-order valence-corrected chi connectivity index (χ2v) is 10.3. The number of nitrogens with zero attached hydrogens (tertiary/aromatic N) is 3. The Kier molecular flexibility index (Phi) is 6.44. The monoisotopic (exact) mass is 494 g/mol. The maximum Gasteiger partial charge on any atom is 0.291 e. The van der Waals surface area contributed by atoms with Crippen LogP contribution in [0.4, 0.5) is 5.69 Å². The van der Waals surface area contributed by atoms with Crippen LogP contribution >= 0.6 is 15.9 Å². The van der Waals surface area contributed by atoms with Gasteiger partial charge in [0.25, 0.3) is 11.5 Å². The minimum absolute atomic E-state index is 0.158. The molecule has 8 nitrogen and oxygen atoms in total. The lowest BCUT2D eigenvalue weighted by molar-refractivity contribution is 0.0839. The molecule has 2 aromatic rings. The fourth-order valence-electron chi connectivity index (χ4n) is 4.80. The zero-order valence-corrected chi connectivity index (χ0v) is 20.2. The summed E-state index contributed by atoms with van der Waals surface area (Å²) in [6.07, 6.45) is 6.06. The highest BCUT2D eigenvalue weighted by molar-refractivity contribution is 9.09. The summed E-state index contributed by atoms with van der Waals surface area (Å²) in [5.41, 5.74) is 1.74. The molecule has 3 heterocycles. The fourth-order valence-corrected chi connectivity index (χ4v) is 5.16. The number of ether oxygens (including phenoxy) is 1. The summed E-state index contributed by atoms with van der Waals surface area (Å²) in [7, 11) is 1.87. The number of hydrogen-bond acceptors (Lipinski definition) is 5. The fraction of sp³-hybridized carbons (Fsp3) is 0.682. The highest BCUT2D eigenvalue weighted by Crippen LogP contribution is 2.38. The third-order valence-corrected chi connectivity index (χ3v) is 7.64. The Bertz CT molecular complexity index is 1020. The first-order valence-corrected chi connectivity index (χ1v) is 12.0. The molecule has 2 aliphatic rings. The minimum atomic E-state index is -0.433. The largest absolute Gasteiger partial charge is 0.370 e. The van der Waals surface area contributed by atoms with E-state index < -0.39 is 5.91 Å². The Morgan fingerprint density at radius 3 is 2.61 bits per heavy atom. The van der Waals surface area contributed by atoms with Gasteiger partial charge in [0.15, 0.2) is 11.5 Å². The number of hydrogen-bond donors (Lipinski definition) is 1. The molecule has 31 heavy (non-hydrogen) atoms. The molecule has 1 amide bonds. The highest BCUT2D eigenvalue weighted by Gasteiger charge is 2.35. The van der Waals surface area contributed by atoms with Crippen molar-refractivity contribution in [2.45, 2.75) is 76.3 Å². The Balaban J connectivity index is 1.54. The Morgan fingerprint density at radius 1 is 1.26 bits per heavy atom. The van der Waals surface area contributed by atoms with Gasteiger partial charge in [-0.25, -0.2) is 4.68 Å². The highest BCUT2D eigenvalue weighted by atomic mass is 79.9. The molecule has 1 unspecified atom stereocenters. The van der Waals surface area contributed by atoms with E-state index >= 15 is 0 Å². The molecule has 1 saturated heterocycles. The molecule has 2 aromatic heterocycles. The maximum atomic E-state index is 13.1. The van der Waals surface area contributed by atoms with Crippen molar-refractivity contribution in [3.05, 3.63) is 33.1 Å². The molecule has 9 heteroatoms. The van der Waals surface area contributed by atoms with Gasteiger partial charge in [-0.2, -0.15) is 0 Å². The number of aromatic nitrogens is 3. The van der Waals surface area contributed by atoms with Crippen molar-refractivity contribution in [2.75, 3.05) is 11.9 Å². The standard InChI is InChI=1S/C22H31BrN4O4/c1-12-18(25-31-20(12)17-10-15(11-30-17)13(2)23)21(28)24-19-14(3)26(4)27(22(19)29)16-8-6-5-7-9-16/h13,15-17H,5-11H2,1-4H3,(H,24,28)/t13?,15-,17+/m0/s1. The van der Waals surface area contributed by atoms with Crippen molar-refractivity contribution in [1.29, 1.82) is 0 Å². The minimum Gasteiger partial charge on any atom is -0.370 e. The number of anilines is 1. The summed E-state index contributed by atoms with van der Waals surface area (Å²) < 4.78 is 15.0. The summed E-state index contributed by atoms with van der Waals surface area (Å²) in [4.78, 5) is 26.5. The molecule has 1 aliphatic heterocycles. The van der Waals surface area contributed by atoms with Crippen LogP contribution in [-0.2, 0) is 11.8 Å². The van der Waals surface area contributed by atoms with Gasteiger partial charge in [0, 0.05) is 17.4 Å². The first-order valence-electron chi connectivity index (χ1n) is 11.1. The number of carbonyl (C=O) groups is 1. The Morgan fingerprint density at radius 2 is 1.97 bits per heavy atom. The zero-order valence-electron chi connectivity index (χ0n) is 18.6. The van der Waals surface area contributed by atoms with E-state index in [9.17, 15) is 9.59 Å². The lowest BCUT2D eigenvalue weighted by Gasteiger charge is -2.24. The van der Waals surface area contributed by atoms with E-state index in [-0.39, 0.29) is 23.4 Å². The van der Waals surface area contributed by atoms with Crippen LogP contribution < -0.4 is 10.9 Å². The summed E-state index contributed by atoms with van der Waals surface area (Å²) in [6, 6.07) is 0.181. The van der Waals surface area contributed by atoms with Crippen LogP contribution in [0.3, 0.4) is 0 Å². The molecule has 170 valence electrons. The molecule has 0 bridgehead atoms. The van der Waals surface area contributed by atoms with Gasteiger partial charge in [0.1, 0.15) is 11.8 Å². The van der Waals surface area contributed by atoms with Gasteiger partial charge < -0.3 is 14.6 Å². The number of halogens is 1. The SMILES string of the molecule is Cc1c(C(=O)Nc2c(C)n(C)n(C3CCCCC3)c2=O)noc1[C@H]1C[C@H](C(C)Br)CO1. The molecule has 0 aromatic carbocycles. The van der Waals surface area contributed by atoms with Crippen molar-refractivity contribution >= 4 is 27.5 Å². The lowest BCUT2D eigenvalue weighted by Crippen LogP contribution is -2.29. The second-order valence-electron chi connectivity index (χ2n) is 8.90. The molecular formula is C22H31BrN4O4. The lowest BCUT2D eigenvalue weighted by atomic mass is 9.96. The predicted molar refractivity (Wildman–Crippen MR) is 121 cm³/mol. The van der Waals surface area contributed by atoms with Crippen LogP contribution in [-0.4, -0.2) is 31.9 Å². The van der Waals surface area contributed by atoms with Crippen molar-refractivity contribution in [3.8, 4) is 0 Å². The predicted octanol–water partition coefficient (Wildman–Crippen LogP) is 4.41. The summed E-state index contributed by atoms with van der Waals surface area (Å²) in [6.45, 7) is 6.41. The molecule has 1 aliphatic carbocycles. The van der Waals surface area contributed by atoms with Gasteiger partial charge in [-0.1, -0.05) is 47.3 Å². The van der Waals surface area contributed by atoms with Crippen molar-refractivity contribution < 1.29 is 14.1 Å². The molecule has 3 atom stereocenters. The average molecular weight is 495 g/mol. The van der Waals surface area contributed by atoms with Crippen molar-refractivity contribution in [3.63, 3.8) is 0 Å². The Labute approximate surface area is 190 Å². The summed E-state index contributed by atoms with van der Waals surface area (Å²) in [5.74, 6) is 0.541. The van der Waals surface area contributed by atoms with Crippen LogP contribution in [0.5, 0.6) is 0 Å². The number of carbonyl (C=O) groups excluding carboxylic acids is 1. The molecule has 4 rings (SSSR count). The van der Waals surface area contributed by atoms with E-state index in [1.165, 1.54) is 6.42 Å². The molecule has 2 fully saturated rings. The smallest absolute Gasteiger partial charge is 0.291 e. The molecule has 1 N–H and O–H groups in total. The number of rotatable bonds is 5. The van der Waals surface area contributed by atoms with Crippen LogP contribution in [0.15, 0.2) is 9.32 Å². The van der Waals surface area contributed by atoms with Gasteiger partial charge in [0.05, 0.1) is 18.3 Å². The van der Waals surface area contributed by atoms with Gasteiger partial charge in [0.2, 0.25) is 0 Å². The van der Waals surface area contributed by atoms with Crippen molar-refractivity contribution in [2.24, 2.45) is 13.0 Å². The van der Waals surface area contributed by atoms with Crippen LogP contribution in [0.25, 0.3) is 0 Å². The molecule has 1 saturated carbocycles. The first kappa shape index (κ1) is 22.3. The number of alkyl halides is 1. The van der Waals surface area contributed by atoms with Gasteiger partial charge in [-0.05, 0) is 39.0 Å². The van der Waals surface area contributed by atoms with Crippen LogP contribution in [0.2, 0.25) is 0 Å². The molecule has 0 spiro atoms. The average Bonchev–Trinajstić information content (AvgIpc) is 3.43. The molecular weight excluding hydrogens is 464 g/mol. The first-order chi connectivity index (χ1) is 14.8. The van der Waals surface area contributed by atoms with Gasteiger partial charge in [-0.3, -0.25) is 14.3 Å². The van der Waals surface area contributed by atoms with Crippen molar-refractivity contribution in [1.82, 2.24) is 14.5 Å². The van der Waals surface area contributed by atoms with Crippen LogP contribution in [0, 0.1) is 19.8 Å². The maximum absolute atomic E-state index is 13.1. The third-order valence-electron chi connectivity index (χ3n) is 6.90. The second kappa shape index (κ2) is 8.94. The van der Waals surface area contributed by atoms with Crippen LogP contribution in [0.1, 0.15) is 85.1 Å². The third kappa shape index (κ3) is 4.14.